The molecule has 36 heavy (non-hydrogen) atoms. The van der Waals surface area contributed by atoms with Gasteiger partial charge in [0.2, 0.25) is 0 Å². The molecule has 5 heterocycles. The molecule has 1 saturated heterocycles. The number of benzene rings is 1. The van der Waals surface area contributed by atoms with Crippen molar-refractivity contribution in [2.24, 2.45) is 25.7 Å². The molecule has 6 rings (SSSR count). The van der Waals surface area contributed by atoms with E-state index in [4.69, 9.17) is 15.5 Å². The van der Waals surface area contributed by atoms with E-state index in [1.807, 2.05) is 33.3 Å². The van der Waals surface area contributed by atoms with Crippen molar-refractivity contribution < 1.29 is 9.53 Å². The predicted octanol–water partition coefficient (Wildman–Crippen LogP) is 3.14. The van der Waals surface area contributed by atoms with Gasteiger partial charge in [-0.25, -0.2) is 4.68 Å². The Morgan fingerprint density at radius 3 is 2.53 bits per heavy atom. The van der Waals surface area contributed by atoms with Crippen molar-refractivity contribution in [1.29, 1.82) is 0 Å². The Morgan fingerprint density at radius 2 is 1.86 bits per heavy atom. The zero-order chi connectivity index (χ0) is 25.0. The summed E-state index contributed by atoms with van der Waals surface area (Å²) < 4.78 is 11.4. The number of hydrogen-bond donors (Lipinski definition) is 1. The van der Waals surface area contributed by atoms with E-state index in [1.165, 1.54) is 0 Å². The number of carbonyl (C=O) groups excluding carboxylic acids is 1. The Bertz CT molecular complexity index is 1570. The van der Waals surface area contributed by atoms with E-state index in [1.54, 1.807) is 9.36 Å². The van der Waals surface area contributed by atoms with Gasteiger partial charge in [0.1, 0.15) is 16.6 Å². The number of fused-ring (bicyclic) bond motifs is 3. The third-order valence-electron chi connectivity index (χ3n) is 7.25. The highest BCUT2D eigenvalue weighted by atomic mass is 16.5. The lowest BCUT2D eigenvalue weighted by atomic mass is 9.86. The number of aromatic nitrogens is 7. The zero-order valence-electron chi connectivity index (χ0n) is 20.5. The smallest absolute Gasteiger partial charge is 0.271 e. The Hall–Kier alpha value is -4.05. The number of aryl methyl sites for hydroxylation is 3. The molecule has 0 radical (unpaired) electrons. The third kappa shape index (κ3) is 3.40. The average molecular weight is 485 g/mol. The van der Waals surface area contributed by atoms with Crippen molar-refractivity contribution >= 4 is 28.0 Å². The van der Waals surface area contributed by atoms with Gasteiger partial charge in [0.25, 0.3) is 5.91 Å². The first-order chi connectivity index (χ1) is 17.5. The van der Waals surface area contributed by atoms with Gasteiger partial charge in [-0.1, -0.05) is 35.5 Å². The zero-order valence-corrected chi connectivity index (χ0v) is 20.5. The van der Waals surface area contributed by atoms with Gasteiger partial charge in [-0.3, -0.25) is 14.5 Å². The highest BCUT2D eigenvalue weighted by molar-refractivity contribution is 6.12. The van der Waals surface area contributed by atoms with Gasteiger partial charge in [0, 0.05) is 39.1 Å². The number of carbonyl (C=O) groups is 1. The molecule has 184 valence electrons. The second-order valence-corrected chi connectivity index (χ2v) is 9.45. The number of rotatable bonds is 5. The van der Waals surface area contributed by atoms with Crippen LogP contribution in [0.4, 0.5) is 0 Å². The molecule has 10 nitrogen and oxygen atoms in total. The number of pyridine rings is 1. The fourth-order valence-corrected chi connectivity index (χ4v) is 5.70. The summed E-state index contributed by atoms with van der Waals surface area (Å²) in [6, 6.07) is 12.5. The summed E-state index contributed by atoms with van der Waals surface area (Å²) in [5.41, 5.74) is 13.1. The lowest BCUT2D eigenvalue weighted by molar-refractivity contribution is 0.0552. The van der Waals surface area contributed by atoms with E-state index in [9.17, 15) is 4.79 Å². The molecule has 0 spiro atoms. The number of primary amides is 1. The second-order valence-electron chi connectivity index (χ2n) is 9.45. The summed E-state index contributed by atoms with van der Waals surface area (Å²) in [7, 11) is 3.70. The molecule has 0 bridgehead atoms. The number of nitrogens with two attached hydrogens (primary N) is 1. The van der Waals surface area contributed by atoms with Crippen molar-refractivity contribution in [3.8, 4) is 11.3 Å². The molecule has 2 N–H and O–H groups in total. The first kappa shape index (κ1) is 22.4. The van der Waals surface area contributed by atoms with Gasteiger partial charge < -0.3 is 15.0 Å². The maximum Gasteiger partial charge on any atom is 0.271 e. The van der Waals surface area contributed by atoms with E-state index in [2.05, 4.69) is 50.3 Å². The SMILES string of the molecule is Cc1nnn(C)c1-c1cnc2c3c(c(C(N)=O)nn3C)n([C@H](c3ccccc3)C3CCOCC3)c2c1. The Kier molecular flexibility index (Phi) is 5.33. The van der Waals surface area contributed by atoms with Crippen LogP contribution < -0.4 is 5.73 Å². The van der Waals surface area contributed by atoms with Crippen LogP contribution in [0.25, 0.3) is 33.3 Å². The largest absolute Gasteiger partial charge is 0.381 e. The van der Waals surface area contributed by atoms with E-state index in [-0.39, 0.29) is 11.7 Å². The van der Waals surface area contributed by atoms with Gasteiger partial charge >= 0.3 is 0 Å². The molecule has 1 amide bonds. The standard InChI is InChI=1S/C26H28N8O2/c1-15-22(33(3)31-29-15)18-13-19-20(28-14-18)24-25(21(26(27)35)30-32(24)2)34(19)23(16-7-5-4-6-8-16)17-9-11-36-12-10-17/h4-8,13-14,17,23H,9-12H2,1-3H3,(H2,27,35)/t23-/m1/s1. The number of amides is 1. The average Bonchev–Trinajstić information content (AvgIpc) is 3.52. The minimum atomic E-state index is -0.560. The summed E-state index contributed by atoms with van der Waals surface area (Å²) in [5.74, 6) is -0.264. The predicted molar refractivity (Wildman–Crippen MR) is 135 cm³/mol. The third-order valence-corrected chi connectivity index (χ3v) is 7.25. The quantitative estimate of drug-likeness (QED) is 0.409. The van der Waals surface area contributed by atoms with Crippen molar-refractivity contribution in [1.82, 2.24) is 34.3 Å². The van der Waals surface area contributed by atoms with Gasteiger partial charge in [-0.05, 0) is 37.3 Å². The summed E-state index contributed by atoms with van der Waals surface area (Å²) in [6.07, 6.45) is 3.65. The topological polar surface area (TPSA) is 119 Å². The van der Waals surface area contributed by atoms with Crippen LogP contribution in [0.1, 0.15) is 40.6 Å². The number of nitrogens with zero attached hydrogens (tertiary/aromatic N) is 7. The summed E-state index contributed by atoms with van der Waals surface area (Å²) in [6.45, 7) is 3.34. The highest BCUT2D eigenvalue weighted by Gasteiger charge is 2.33. The van der Waals surface area contributed by atoms with E-state index in [0.29, 0.717) is 24.6 Å². The fraction of sp³-hybridized carbons (Fsp3) is 0.346. The molecule has 0 aliphatic carbocycles. The van der Waals surface area contributed by atoms with Crippen molar-refractivity contribution in [2.45, 2.75) is 25.8 Å². The molecular formula is C26H28N8O2. The molecule has 4 aromatic heterocycles. The number of ether oxygens (including phenoxy) is 1. The van der Waals surface area contributed by atoms with Gasteiger partial charge in [0.05, 0.1) is 22.9 Å². The molecule has 1 aromatic carbocycles. The molecule has 1 fully saturated rings. The van der Waals surface area contributed by atoms with Crippen molar-refractivity contribution in [2.75, 3.05) is 13.2 Å². The normalized spacial score (nSPS) is 15.6. The summed E-state index contributed by atoms with van der Waals surface area (Å²) in [4.78, 5) is 17.5. The molecule has 1 aliphatic rings. The van der Waals surface area contributed by atoms with Gasteiger partial charge in [-0.2, -0.15) is 5.10 Å². The van der Waals surface area contributed by atoms with Gasteiger partial charge in [0.15, 0.2) is 5.69 Å². The summed E-state index contributed by atoms with van der Waals surface area (Å²) in [5, 5.41) is 12.9. The van der Waals surface area contributed by atoms with Crippen LogP contribution in [0.15, 0.2) is 42.6 Å². The fourth-order valence-electron chi connectivity index (χ4n) is 5.70. The summed E-state index contributed by atoms with van der Waals surface area (Å²) >= 11 is 0. The molecule has 1 atom stereocenters. The molecule has 5 aromatic rings. The molecule has 1 aliphatic heterocycles. The second kappa shape index (κ2) is 8.56. The Labute approximate surface area is 207 Å². The molecule has 0 unspecified atom stereocenters. The van der Waals surface area contributed by atoms with E-state index >= 15 is 0 Å². The van der Waals surface area contributed by atoms with E-state index in [0.717, 1.165) is 51.9 Å². The lowest BCUT2D eigenvalue weighted by Gasteiger charge is -2.33. The monoisotopic (exact) mass is 484 g/mol. The maximum absolute atomic E-state index is 12.6. The van der Waals surface area contributed by atoms with Crippen LogP contribution in [0.5, 0.6) is 0 Å². The number of hydrogen-bond acceptors (Lipinski definition) is 6. The Morgan fingerprint density at radius 1 is 1.11 bits per heavy atom. The van der Waals surface area contributed by atoms with Crippen LogP contribution in [-0.2, 0) is 18.8 Å². The highest BCUT2D eigenvalue weighted by Crippen LogP contribution is 2.42. The van der Waals surface area contributed by atoms with Crippen molar-refractivity contribution in [3.63, 3.8) is 0 Å². The van der Waals surface area contributed by atoms with Gasteiger partial charge in [-0.15, -0.1) is 5.10 Å². The Balaban J connectivity index is 1.72. The van der Waals surface area contributed by atoms with Crippen LogP contribution in [-0.4, -0.2) is 53.4 Å². The minimum absolute atomic E-state index is 0.0554. The van der Waals surface area contributed by atoms with Crippen LogP contribution in [0.2, 0.25) is 0 Å². The lowest BCUT2D eigenvalue weighted by Crippen LogP contribution is -2.27. The van der Waals surface area contributed by atoms with Crippen LogP contribution in [0, 0.1) is 12.8 Å². The van der Waals surface area contributed by atoms with E-state index < -0.39 is 5.91 Å². The van der Waals surface area contributed by atoms with Crippen LogP contribution >= 0.6 is 0 Å². The minimum Gasteiger partial charge on any atom is -0.381 e. The molecule has 0 saturated carbocycles. The first-order valence-corrected chi connectivity index (χ1v) is 12.1. The first-order valence-electron chi connectivity index (χ1n) is 12.1. The van der Waals surface area contributed by atoms with Crippen molar-refractivity contribution in [3.05, 3.63) is 59.5 Å². The maximum atomic E-state index is 12.6. The molecular weight excluding hydrogens is 456 g/mol. The van der Waals surface area contributed by atoms with Crippen LogP contribution in [0.3, 0.4) is 0 Å². The molecule has 10 heteroatoms.